The molecular formula is C17H23NP+. The lowest BCUT2D eigenvalue weighted by atomic mass is 9.89. The summed E-state index contributed by atoms with van der Waals surface area (Å²) in [6, 6.07) is 21.5. The minimum atomic E-state index is -0.0409. The van der Waals surface area contributed by atoms with Crippen molar-refractivity contribution < 1.29 is 4.48 Å². The number of likely N-dealkylation sites (N-methyl/N-ethyl adjacent to an activating group) is 1. The zero-order chi connectivity index (χ0) is 13.9. The molecule has 0 bridgehead atoms. The summed E-state index contributed by atoms with van der Waals surface area (Å²) in [5.74, 6) is 0. The summed E-state index contributed by atoms with van der Waals surface area (Å²) in [6.07, 6.45) is 0. The predicted octanol–water partition coefficient (Wildman–Crippen LogP) is 3.51. The van der Waals surface area contributed by atoms with Crippen LogP contribution in [-0.2, 0) is 5.16 Å². The molecule has 0 aromatic heterocycles. The summed E-state index contributed by atoms with van der Waals surface area (Å²) in [5, 5.41) is -0.0409. The van der Waals surface area contributed by atoms with Crippen LogP contribution < -0.4 is 0 Å². The second-order valence-corrected chi connectivity index (χ2v) is 7.14. The van der Waals surface area contributed by atoms with Gasteiger partial charge in [0.2, 0.25) is 0 Å². The summed E-state index contributed by atoms with van der Waals surface area (Å²) in [5.41, 5.74) is 2.69. The normalized spacial score (nSPS) is 12.4. The lowest BCUT2D eigenvalue weighted by Gasteiger charge is -2.37. The van der Waals surface area contributed by atoms with Crippen LogP contribution in [0.2, 0.25) is 0 Å². The quantitative estimate of drug-likeness (QED) is 0.590. The zero-order valence-corrected chi connectivity index (χ0v) is 13.2. The highest BCUT2D eigenvalue weighted by Gasteiger charge is 2.34. The Kier molecular flexibility index (Phi) is 4.08. The Morgan fingerprint density at radius 1 is 0.789 bits per heavy atom. The standard InChI is InChI=1S/C17H23NP/c1-18(2,3)14-17(19,15-10-6-4-7-11-15)16-12-8-5-9-13-16/h4-13H,14,19H2,1-3H3/q+1. The summed E-state index contributed by atoms with van der Waals surface area (Å²) in [7, 11) is 9.81. The molecule has 1 unspecified atom stereocenters. The summed E-state index contributed by atoms with van der Waals surface area (Å²) >= 11 is 0. The van der Waals surface area contributed by atoms with Gasteiger partial charge >= 0.3 is 0 Å². The van der Waals surface area contributed by atoms with Crippen LogP contribution in [0.3, 0.4) is 0 Å². The first kappa shape index (κ1) is 14.2. The first-order valence-electron chi connectivity index (χ1n) is 6.62. The molecule has 1 nitrogen and oxygen atoms in total. The second kappa shape index (κ2) is 5.45. The minimum Gasteiger partial charge on any atom is -0.330 e. The fourth-order valence-corrected chi connectivity index (χ4v) is 3.50. The van der Waals surface area contributed by atoms with Crippen molar-refractivity contribution in [3.63, 3.8) is 0 Å². The monoisotopic (exact) mass is 272 g/mol. The van der Waals surface area contributed by atoms with E-state index in [4.69, 9.17) is 0 Å². The topological polar surface area (TPSA) is 0 Å². The molecular weight excluding hydrogens is 249 g/mol. The molecule has 2 heteroatoms. The molecule has 0 saturated carbocycles. The lowest BCUT2D eigenvalue weighted by molar-refractivity contribution is -0.872. The van der Waals surface area contributed by atoms with E-state index in [-0.39, 0.29) is 5.16 Å². The van der Waals surface area contributed by atoms with Crippen molar-refractivity contribution in [2.45, 2.75) is 5.16 Å². The van der Waals surface area contributed by atoms with E-state index in [0.29, 0.717) is 0 Å². The van der Waals surface area contributed by atoms with Gasteiger partial charge in [0.05, 0.1) is 32.8 Å². The van der Waals surface area contributed by atoms with E-state index in [1.165, 1.54) is 11.1 Å². The molecule has 19 heavy (non-hydrogen) atoms. The van der Waals surface area contributed by atoms with Crippen LogP contribution in [0.5, 0.6) is 0 Å². The van der Waals surface area contributed by atoms with E-state index in [2.05, 4.69) is 91.0 Å². The number of hydrogen-bond donors (Lipinski definition) is 0. The molecule has 2 aromatic rings. The smallest absolute Gasteiger partial charge is 0.0954 e. The van der Waals surface area contributed by atoms with Crippen LogP contribution in [0.1, 0.15) is 11.1 Å². The number of hydrogen-bond acceptors (Lipinski definition) is 0. The van der Waals surface area contributed by atoms with Gasteiger partial charge in [0, 0.05) is 0 Å². The first-order valence-corrected chi connectivity index (χ1v) is 7.20. The van der Waals surface area contributed by atoms with Gasteiger partial charge in [-0.2, -0.15) is 0 Å². The van der Waals surface area contributed by atoms with Crippen molar-refractivity contribution in [1.29, 1.82) is 0 Å². The maximum Gasteiger partial charge on any atom is 0.0954 e. The van der Waals surface area contributed by atoms with Gasteiger partial charge in [0.15, 0.2) is 0 Å². The highest BCUT2D eigenvalue weighted by Crippen LogP contribution is 2.40. The zero-order valence-electron chi connectivity index (χ0n) is 12.0. The lowest BCUT2D eigenvalue weighted by Crippen LogP contribution is -2.45. The molecule has 2 aromatic carbocycles. The molecule has 0 saturated heterocycles. The van der Waals surface area contributed by atoms with E-state index in [1.807, 2.05) is 0 Å². The molecule has 0 amide bonds. The molecule has 0 heterocycles. The largest absolute Gasteiger partial charge is 0.330 e. The Labute approximate surface area is 119 Å². The first-order chi connectivity index (χ1) is 8.92. The fourth-order valence-electron chi connectivity index (χ4n) is 2.57. The molecule has 0 aliphatic rings. The van der Waals surface area contributed by atoms with Crippen LogP contribution in [0.25, 0.3) is 0 Å². The highest BCUT2D eigenvalue weighted by atomic mass is 31.0. The van der Waals surface area contributed by atoms with Crippen molar-refractivity contribution in [3.05, 3.63) is 71.8 Å². The molecule has 0 spiro atoms. The third kappa shape index (κ3) is 3.43. The van der Waals surface area contributed by atoms with Gasteiger partial charge in [-0.25, -0.2) is 0 Å². The van der Waals surface area contributed by atoms with E-state index in [1.54, 1.807) is 0 Å². The van der Waals surface area contributed by atoms with Gasteiger partial charge in [0.25, 0.3) is 0 Å². The van der Waals surface area contributed by atoms with E-state index < -0.39 is 0 Å². The molecule has 0 aliphatic carbocycles. The maximum atomic E-state index is 3.09. The van der Waals surface area contributed by atoms with Crippen LogP contribution in [-0.4, -0.2) is 32.2 Å². The van der Waals surface area contributed by atoms with Gasteiger partial charge in [-0.05, 0) is 11.1 Å². The van der Waals surface area contributed by atoms with Gasteiger partial charge in [0.1, 0.15) is 0 Å². The predicted molar refractivity (Wildman–Crippen MR) is 86.3 cm³/mol. The van der Waals surface area contributed by atoms with Gasteiger partial charge < -0.3 is 4.48 Å². The summed E-state index contributed by atoms with van der Waals surface area (Å²) in [6.45, 7) is 1.03. The molecule has 0 N–H and O–H groups in total. The second-order valence-electron chi connectivity index (χ2n) is 6.15. The van der Waals surface area contributed by atoms with Gasteiger partial charge in [-0.1, -0.05) is 60.7 Å². The van der Waals surface area contributed by atoms with E-state index in [0.717, 1.165) is 11.0 Å². The molecule has 0 fully saturated rings. The highest BCUT2D eigenvalue weighted by molar-refractivity contribution is 7.19. The summed E-state index contributed by atoms with van der Waals surface area (Å²) < 4.78 is 0.924. The van der Waals surface area contributed by atoms with E-state index in [9.17, 15) is 0 Å². The van der Waals surface area contributed by atoms with Crippen LogP contribution in [0.4, 0.5) is 0 Å². The minimum absolute atomic E-state index is 0.0409. The Bertz CT molecular complexity index is 474. The number of rotatable bonds is 4. The molecule has 0 aliphatic heterocycles. The number of nitrogens with zero attached hydrogens (tertiary/aromatic N) is 1. The third-order valence-electron chi connectivity index (χ3n) is 3.30. The van der Waals surface area contributed by atoms with Crippen molar-refractivity contribution in [3.8, 4) is 0 Å². The molecule has 2 rings (SSSR count). The number of benzene rings is 2. The number of quaternary nitrogens is 1. The molecule has 1 atom stereocenters. The van der Waals surface area contributed by atoms with Gasteiger partial charge in [-0.15, -0.1) is 9.24 Å². The van der Waals surface area contributed by atoms with Crippen LogP contribution in [0.15, 0.2) is 60.7 Å². The van der Waals surface area contributed by atoms with E-state index >= 15 is 0 Å². The fraction of sp³-hybridized carbons (Fsp3) is 0.294. The Morgan fingerprint density at radius 3 is 1.47 bits per heavy atom. The Hall–Kier alpha value is -1.17. The van der Waals surface area contributed by atoms with Crippen LogP contribution >= 0.6 is 9.24 Å². The Morgan fingerprint density at radius 2 is 1.16 bits per heavy atom. The summed E-state index contributed by atoms with van der Waals surface area (Å²) in [4.78, 5) is 0. The average Bonchev–Trinajstić information content (AvgIpc) is 2.39. The third-order valence-corrected chi connectivity index (χ3v) is 4.15. The van der Waals surface area contributed by atoms with Gasteiger partial charge in [-0.3, -0.25) is 0 Å². The van der Waals surface area contributed by atoms with Crippen molar-refractivity contribution >= 4 is 9.24 Å². The van der Waals surface area contributed by atoms with Crippen LogP contribution in [0, 0.1) is 0 Å². The maximum absolute atomic E-state index is 3.09. The molecule has 100 valence electrons. The average molecular weight is 272 g/mol. The Balaban J connectivity index is 2.51. The SMILES string of the molecule is C[N+](C)(C)CC(P)(c1ccccc1)c1ccccc1. The van der Waals surface area contributed by atoms with Crippen molar-refractivity contribution in [2.75, 3.05) is 27.7 Å². The van der Waals surface area contributed by atoms with Crippen molar-refractivity contribution in [2.24, 2.45) is 0 Å². The van der Waals surface area contributed by atoms with Crippen molar-refractivity contribution in [1.82, 2.24) is 0 Å². The molecule has 0 radical (unpaired) electrons.